The molecule has 2 aliphatic heterocycles. The van der Waals surface area contributed by atoms with Crippen LogP contribution in [0.25, 0.3) is 0 Å². The minimum atomic E-state index is -0.172. The van der Waals surface area contributed by atoms with Gasteiger partial charge >= 0.3 is 0 Å². The summed E-state index contributed by atoms with van der Waals surface area (Å²) in [4.78, 5) is 5.33. The van der Waals surface area contributed by atoms with Crippen molar-refractivity contribution in [3.63, 3.8) is 0 Å². The molecule has 1 spiro atoms. The standard InChI is InChI=1S/C28H23NS2/c1-29-26(20-12-4-2-5-13-20)28(31-27(29)21-14-6-3-7-15-21)22-16-8-10-18-24(22)30-25-19-11-9-17-23(25)28/h2-19,26-27H,1H3/t26-,27+/m1/s1. The molecule has 2 atom stereocenters. The highest BCUT2D eigenvalue weighted by atomic mass is 32.2. The molecule has 4 aromatic rings. The molecule has 1 saturated heterocycles. The van der Waals surface area contributed by atoms with Crippen molar-refractivity contribution < 1.29 is 0 Å². The molecular formula is C28H23NS2. The highest BCUT2D eigenvalue weighted by Crippen LogP contribution is 2.69. The van der Waals surface area contributed by atoms with Crippen LogP contribution in [0.3, 0.4) is 0 Å². The van der Waals surface area contributed by atoms with E-state index in [1.54, 1.807) is 0 Å². The lowest BCUT2D eigenvalue weighted by Crippen LogP contribution is -2.36. The van der Waals surface area contributed by atoms with Crippen LogP contribution in [-0.4, -0.2) is 11.9 Å². The van der Waals surface area contributed by atoms with Crippen LogP contribution in [0.1, 0.15) is 33.7 Å². The Labute approximate surface area is 192 Å². The van der Waals surface area contributed by atoms with E-state index in [4.69, 9.17) is 0 Å². The van der Waals surface area contributed by atoms with Crippen molar-refractivity contribution in [2.45, 2.75) is 26.0 Å². The molecule has 1 fully saturated rings. The molecule has 2 aliphatic rings. The Morgan fingerprint density at radius 3 is 1.68 bits per heavy atom. The first kappa shape index (κ1) is 19.2. The van der Waals surface area contributed by atoms with Gasteiger partial charge in [-0.05, 0) is 41.4 Å². The van der Waals surface area contributed by atoms with Crippen LogP contribution >= 0.6 is 23.5 Å². The largest absolute Gasteiger partial charge is 0.282 e. The van der Waals surface area contributed by atoms with Gasteiger partial charge in [-0.15, -0.1) is 11.8 Å². The number of likely N-dealkylation sites (N-methyl/N-ethyl adjacent to an activating group) is 1. The average Bonchev–Trinajstić information content (AvgIpc) is 3.14. The van der Waals surface area contributed by atoms with Gasteiger partial charge in [0.15, 0.2) is 0 Å². The number of hydrogen-bond acceptors (Lipinski definition) is 3. The molecule has 6 rings (SSSR count). The Morgan fingerprint density at radius 1 is 0.613 bits per heavy atom. The van der Waals surface area contributed by atoms with Gasteiger partial charge in [0.05, 0.1) is 16.2 Å². The molecule has 152 valence electrons. The molecule has 0 saturated carbocycles. The van der Waals surface area contributed by atoms with E-state index in [9.17, 15) is 0 Å². The molecule has 0 unspecified atom stereocenters. The van der Waals surface area contributed by atoms with Crippen molar-refractivity contribution in [2.24, 2.45) is 0 Å². The van der Waals surface area contributed by atoms with Crippen LogP contribution in [0.4, 0.5) is 0 Å². The second-order valence-electron chi connectivity index (χ2n) is 8.19. The highest BCUT2D eigenvalue weighted by Gasteiger charge is 2.57. The third-order valence-electron chi connectivity index (χ3n) is 6.45. The van der Waals surface area contributed by atoms with Crippen molar-refractivity contribution in [3.8, 4) is 0 Å². The fourth-order valence-electron chi connectivity index (χ4n) is 5.18. The number of nitrogens with zero attached hydrogens (tertiary/aromatic N) is 1. The minimum Gasteiger partial charge on any atom is -0.282 e. The predicted molar refractivity (Wildman–Crippen MR) is 132 cm³/mol. The first-order chi connectivity index (χ1) is 15.3. The van der Waals surface area contributed by atoms with Crippen molar-refractivity contribution in [1.82, 2.24) is 4.90 Å². The van der Waals surface area contributed by atoms with Gasteiger partial charge in [0.2, 0.25) is 0 Å². The minimum absolute atomic E-state index is 0.172. The molecule has 0 radical (unpaired) electrons. The summed E-state index contributed by atoms with van der Waals surface area (Å²) in [5, 5.41) is 0.274. The van der Waals surface area contributed by atoms with E-state index in [1.807, 2.05) is 11.8 Å². The van der Waals surface area contributed by atoms with Crippen LogP contribution in [-0.2, 0) is 4.75 Å². The Morgan fingerprint density at radius 2 is 1.10 bits per heavy atom. The van der Waals surface area contributed by atoms with Crippen LogP contribution in [0.5, 0.6) is 0 Å². The predicted octanol–water partition coefficient (Wildman–Crippen LogP) is 7.51. The molecule has 31 heavy (non-hydrogen) atoms. The summed E-state index contributed by atoms with van der Waals surface area (Å²) in [6.45, 7) is 0. The normalized spacial score (nSPS) is 21.6. The van der Waals surface area contributed by atoms with Crippen LogP contribution < -0.4 is 0 Å². The van der Waals surface area contributed by atoms with Gasteiger partial charge in [-0.3, -0.25) is 4.90 Å². The van der Waals surface area contributed by atoms with Crippen molar-refractivity contribution in [2.75, 3.05) is 7.05 Å². The SMILES string of the molecule is CN1[C@H](c2ccccc2)SC2(c3ccccc3Sc3ccccc32)[C@H]1c1ccccc1. The first-order valence-electron chi connectivity index (χ1n) is 10.7. The summed E-state index contributed by atoms with van der Waals surface area (Å²) in [5.74, 6) is 0. The Balaban J connectivity index is 1.65. The lowest BCUT2D eigenvalue weighted by atomic mass is 9.79. The number of hydrogen-bond donors (Lipinski definition) is 0. The van der Waals surface area contributed by atoms with Gasteiger partial charge in [-0.25, -0.2) is 0 Å². The van der Waals surface area contributed by atoms with Gasteiger partial charge in [0.25, 0.3) is 0 Å². The van der Waals surface area contributed by atoms with Crippen LogP contribution in [0.2, 0.25) is 0 Å². The molecular weight excluding hydrogens is 414 g/mol. The van der Waals surface area contributed by atoms with Crippen molar-refractivity contribution in [1.29, 1.82) is 0 Å². The van der Waals surface area contributed by atoms with Gasteiger partial charge < -0.3 is 0 Å². The van der Waals surface area contributed by atoms with Gasteiger partial charge in [-0.2, -0.15) is 0 Å². The van der Waals surface area contributed by atoms with E-state index in [-0.39, 0.29) is 16.2 Å². The molecule has 3 heteroatoms. The van der Waals surface area contributed by atoms with Crippen LogP contribution in [0, 0.1) is 0 Å². The van der Waals surface area contributed by atoms with E-state index in [1.165, 1.54) is 32.0 Å². The molecule has 0 bridgehead atoms. The monoisotopic (exact) mass is 437 g/mol. The smallest absolute Gasteiger partial charge is 0.0894 e. The summed E-state index contributed by atoms with van der Waals surface area (Å²) in [6.07, 6.45) is 0. The average molecular weight is 438 g/mol. The summed E-state index contributed by atoms with van der Waals surface area (Å²) in [6, 6.07) is 40.3. The van der Waals surface area contributed by atoms with E-state index in [0.717, 1.165) is 0 Å². The second kappa shape index (κ2) is 7.59. The Kier molecular flexibility index (Phi) is 4.71. The number of thioether (sulfide) groups is 1. The zero-order chi connectivity index (χ0) is 20.8. The topological polar surface area (TPSA) is 3.24 Å². The number of fused-ring (bicyclic) bond motifs is 4. The first-order valence-corrected chi connectivity index (χ1v) is 12.3. The molecule has 0 N–H and O–H groups in total. The fraction of sp³-hybridized carbons (Fsp3) is 0.143. The van der Waals surface area contributed by atoms with Gasteiger partial charge in [0.1, 0.15) is 0 Å². The molecule has 0 aliphatic carbocycles. The summed E-state index contributed by atoms with van der Waals surface area (Å²) in [7, 11) is 2.30. The molecule has 4 aromatic carbocycles. The van der Waals surface area contributed by atoms with E-state index < -0.39 is 0 Å². The molecule has 2 heterocycles. The molecule has 0 aromatic heterocycles. The Bertz CT molecular complexity index is 1180. The molecule has 0 amide bonds. The number of benzene rings is 4. The summed E-state index contributed by atoms with van der Waals surface area (Å²) >= 11 is 4.00. The Hall–Kier alpha value is -2.46. The van der Waals surface area contributed by atoms with E-state index in [0.29, 0.717) is 0 Å². The van der Waals surface area contributed by atoms with Gasteiger partial charge in [-0.1, -0.05) is 109 Å². The number of rotatable bonds is 2. The maximum atomic E-state index is 2.58. The summed E-state index contributed by atoms with van der Waals surface area (Å²) < 4.78 is -0.172. The zero-order valence-electron chi connectivity index (χ0n) is 17.3. The highest BCUT2D eigenvalue weighted by molar-refractivity contribution is 8.02. The van der Waals surface area contributed by atoms with E-state index in [2.05, 4.69) is 133 Å². The fourth-order valence-corrected chi connectivity index (χ4v) is 8.49. The maximum absolute atomic E-state index is 2.58. The lowest BCUT2D eigenvalue weighted by molar-refractivity contribution is 0.224. The lowest BCUT2D eigenvalue weighted by Gasteiger charge is -2.42. The van der Waals surface area contributed by atoms with Gasteiger partial charge in [0, 0.05) is 9.79 Å². The zero-order valence-corrected chi connectivity index (χ0v) is 18.9. The third kappa shape index (κ3) is 2.91. The maximum Gasteiger partial charge on any atom is 0.0894 e. The quantitative estimate of drug-likeness (QED) is 0.319. The molecule has 1 nitrogen and oxygen atoms in total. The second-order valence-corrected chi connectivity index (χ2v) is 10.6. The van der Waals surface area contributed by atoms with E-state index >= 15 is 0 Å². The van der Waals surface area contributed by atoms with Crippen molar-refractivity contribution >= 4 is 23.5 Å². The summed E-state index contributed by atoms with van der Waals surface area (Å²) in [5.41, 5.74) is 5.60. The third-order valence-corrected chi connectivity index (χ3v) is 9.47. The van der Waals surface area contributed by atoms with Crippen LogP contribution in [0.15, 0.2) is 119 Å². The van der Waals surface area contributed by atoms with Crippen molar-refractivity contribution in [3.05, 3.63) is 131 Å².